The standard InChI is InChI=1S/C11H25B/c1-9(2)12(10(3,4)5)11(6,7)8/h9H,1-8H3. The number of hydrogen-bond acceptors (Lipinski definition) is 0. The van der Waals surface area contributed by atoms with Crippen molar-refractivity contribution < 1.29 is 0 Å². The highest BCUT2D eigenvalue weighted by molar-refractivity contribution is 6.66. The Morgan fingerprint density at radius 3 is 1.00 bits per heavy atom. The van der Waals surface area contributed by atoms with Gasteiger partial charge in [0.2, 0.25) is 0 Å². The van der Waals surface area contributed by atoms with E-state index in [0.29, 0.717) is 10.6 Å². The molecule has 0 aliphatic rings. The lowest BCUT2D eigenvalue weighted by Crippen LogP contribution is -2.37. The zero-order valence-corrected chi connectivity index (χ0v) is 10.2. The van der Waals surface area contributed by atoms with Gasteiger partial charge in [-0.25, -0.2) is 0 Å². The minimum atomic E-state index is 0.423. The van der Waals surface area contributed by atoms with Gasteiger partial charge >= 0.3 is 0 Å². The summed E-state index contributed by atoms with van der Waals surface area (Å²) in [6.45, 7) is 19.6. The molecule has 0 heterocycles. The summed E-state index contributed by atoms with van der Waals surface area (Å²) in [7, 11) is 0. The molecule has 0 N–H and O–H groups in total. The first kappa shape index (κ1) is 12.1. The van der Waals surface area contributed by atoms with Crippen molar-refractivity contribution in [1.82, 2.24) is 0 Å². The van der Waals surface area contributed by atoms with Crippen LogP contribution in [0, 0.1) is 0 Å². The van der Waals surface area contributed by atoms with Crippen molar-refractivity contribution in [1.29, 1.82) is 0 Å². The third kappa shape index (κ3) is 3.20. The Labute approximate surface area is 79.2 Å². The third-order valence-electron chi connectivity index (χ3n) is 2.53. The van der Waals surface area contributed by atoms with Crippen LogP contribution in [-0.4, -0.2) is 6.71 Å². The molecule has 0 aliphatic carbocycles. The molecule has 1 heteroatoms. The van der Waals surface area contributed by atoms with Gasteiger partial charge in [0.1, 0.15) is 0 Å². The molecule has 0 aliphatic heterocycles. The van der Waals surface area contributed by atoms with Gasteiger partial charge in [0.05, 0.1) is 0 Å². The van der Waals surface area contributed by atoms with Crippen LogP contribution in [0.5, 0.6) is 0 Å². The van der Waals surface area contributed by atoms with Gasteiger partial charge in [-0.3, -0.25) is 0 Å². The highest BCUT2D eigenvalue weighted by atomic mass is 14.2. The topological polar surface area (TPSA) is 0 Å². The Bertz CT molecular complexity index is 120. The summed E-state index contributed by atoms with van der Waals surface area (Å²) in [6.07, 6.45) is 0. The van der Waals surface area contributed by atoms with E-state index in [2.05, 4.69) is 55.4 Å². The van der Waals surface area contributed by atoms with Crippen LogP contribution in [0.1, 0.15) is 55.4 Å². The Kier molecular flexibility index (Phi) is 3.45. The Hall–Kier alpha value is 0.0649. The van der Waals surface area contributed by atoms with Crippen molar-refractivity contribution in [3.05, 3.63) is 0 Å². The zero-order valence-electron chi connectivity index (χ0n) is 10.2. The fourth-order valence-corrected chi connectivity index (χ4v) is 3.30. The van der Waals surface area contributed by atoms with E-state index >= 15 is 0 Å². The third-order valence-corrected chi connectivity index (χ3v) is 2.53. The molecule has 12 heavy (non-hydrogen) atoms. The molecule has 0 saturated carbocycles. The van der Waals surface area contributed by atoms with Crippen LogP contribution in [0.25, 0.3) is 0 Å². The first-order valence-electron chi connectivity index (χ1n) is 5.07. The van der Waals surface area contributed by atoms with E-state index < -0.39 is 0 Å². The summed E-state index contributed by atoms with van der Waals surface area (Å²) in [5.41, 5.74) is 0. The van der Waals surface area contributed by atoms with E-state index in [1.165, 1.54) is 0 Å². The lowest BCUT2D eigenvalue weighted by atomic mass is 9.20. The van der Waals surface area contributed by atoms with Crippen molar-refractivity contribution in [2.24, 2.45) is 0 Å². The van der Waals surface area contributed by atoms with Crippen molar-refractivity contribution in [3.63, 3.8) is 0 Å². The fourth-order valence-electron chi connectivity index (χ4n) is 3.30. The molecule has 0 atom stereocenters. The lowest BCUT2D eigenvalue weighted by Gasteiger charge is -2.40. The van der Waals surface area contributed by atoms with Crippen LogP contribution < -0.4 is 0 Å². The van der Waals surface area contributed by atoms with E-state index in [1.807, 2.05) is 0 Å². The summed E-state index contributed by atoms with van der Waals surface area (Å²) in [5, 5.41) is 0.846. The molecule has 0 aromatic carbocycles. The second kappa shape index (κ2) is 3.43. The van der Waals surface area contributed by atoms with Gasteiger partial charge in [0.25, 0.3) is 0 Å². The largest absolute Gasteiger partial charge is 0.153 e. The predicted octanol–water partition coefficient (Wildman–Crippen LogP) is 4.49. The van der Waals surface area contributed by atoms with E-state index in [0.717, 1.165) is 12.5 Å². The Morgan fingerprint density at radius 2 is 1.00 bits per heavy atom. The summed E-state index contributed by atoms with van der Waals surface area (Å²) in [4.78, 5) is 0. The molecule has 0 radical (unpaired) electrons. The summed E-state index contributed by atoms with van der Waals surface area (Å²) in [6, 6.07) is 0. The van der Waals surface area contributed by atoms with E-state index in [9.17, 15) is 0 Å². The summed E-state index contributed by atoms with van der Waals surface area (Å²) < 4.78 is 0. The molecule has 0 rings (SSSR count). The second-order valence-corrected chi connectivity index (χ2v) is 6.45. The molecule has 0 unspecified atom stereocenters. The number of hydrogen-bond donors (Lipinski definition) is 0. The van der Waals surface area contributed by atoms with Gasteiger partial charge in [-0.1, -0.05) is 71.8 Å². The van der Waals surface area contributed by atoms with Crippen LogP contribution in [0.15, 0.2) is 0 Å². The molecule has 0 aromatic heterocycles. The molecular weight excluding hydrogens is 143 g/mol. The van der Waals surface area contributed by atoms with E-state index in [-0.39, 0.29) is 0 Å². The maximum absolute atomic E-state index is 2.35. The Morgan fingerprint density at radius 1 is 0.750 bits per heavy atom. The first-order chi connectivity index (χ1) is 5.07. The average Bonchev–Trinajstić information content (AvgIpc) is 1.49. The van der Waals surface area contributed by atoms with Crippen LogP contribution in [0.2, 0.25) is 16.4 Å². The fraction of sp³-hybridized carbons (Fsp3) is 1.00. The quantitative estimate of drug-likeness (QED) is 0.506. The smallest absolute Gasteiger partial charge is 0.0693 e. The predicted molar refractivity (Wildman–Crippen MR) is 60.3 cm³/mol. The first-order valence-corrected chi connectivity index (χ1v) is 5.07. The normalized spacial score (nSPS) is 13.8. The molecular formula is C11H25B. The van der Waals surface area contributed by atoms with Crippen LogP contribution >= 0.6 is 0 Å². The molecule has 0 fully saturated rings. The van der Waals surface area contributed by atoms with Gasteiger partial charge < -0.3 is 0 Å². The van der Waals surface area contributed by atoms with Crippen LogP contribution in [0.3, 0.4) is 0 Å². The van der Waals surface area contributed by atoms with Crippen molar-refractivity contribution >= 4 is 6.71 Å². The monoisotopic (exact) mass is 168 g/mol. The van der Waals surface area contributed by atoms with Crippen LogP contribution in [0.4, 0.5) is 0 Å². The maximum atomic E-state index is 2.35. The second-order valence-electron chi connectivity index (χ2n) is 6.45. The summed E-state index contributed by atoms with van der Waals surface area (Å²) >= 11 is 0. The van der Waals surface area contributed by atoms with Crippen molar-refractivity contribution in [2.75, 3.05) is 0 Å². The van der Waals surface area contributed by atoms with E-state index in [4.69, 9.17) is 0 Å². The zero-order chi connectivity index (χ0) is 10.2. The number of rotatable bonds is 1. The van der Waals surface area contributed by atoms with Gasteiger partial charge in [-0.2, -0.15) is 0 Å². The van der Waals surface area contributed by atoms with Gasteiger partial charge in [0, 0.05) is 0 Å². The minimum absolute atomic E-state index is 0.423. The summed E-state index contributed by atoms with van der Waals surface area (Å²) in [5.74, 6) is 0.769. The lowest BCUT2D eigenvalue weighted by molar-refractivity contribution is 0.621. The minimum Gasteiger partial charge on any atom is -0.0693 e. The molecule has 0 nitrogen and oxygen atoms in total. The van der Waals surface area contributed by atoms with Gasteiger partial charge in [-0.05, 0) is 0 Å². The van der Waals surface area contributed by atoms with E-state index in [1.54, 1.807) is 0 Å². The Balaban J connectivity index is 4.70. The van der Waals surface area contributed by atoms with Crippen molar-refractivity contribution in [2.45, 2.75) is 71.8 Å². The SMILES string of the molecule is CC(C)B(C(C)(C)C)C(C)(C)C. The van der Waals surface area contributed by atoms with Gasteiger partial charge in [0.15, 0.2) is 6.71 Å². The molecule has 0 aromatic rings. The van der Waals surface area contributed by atoms with Crippen molar-refractivity contribution in [3.8, 4) is 0 Å². The molecule has 0 amide bonds. The molecule has 0 bridgehead atoms. The highest BCUT2D eigenvalue weighted by Gasteiger charge is 2.40. The molecule has 0 saturated heterocycles. The average molecular weight is 168 g/mol. The molecule has 72 valence electrons. The highest BCUT2D eigenvalue weighted by Crippen LogP contribution is 2.46. The van der Waals surface area contributed by atoms with Crippen LogP contribution in [-0.2, 0) is 0 Å². The van der Waals surface area contributed by atoms with Gasteiger partial charge in [-0.15, -0.1) is 0 Å². The molecule has 0 spiro atoms. The maximum Gasteiger partial charge on any atom is 0.153 e.